The Kier molecular flexibility index (Phi) is 3.16. The molecule has 7 heteroatoms. The molecule has 2 heterocycles. The third kappa shape index (κ3) is 2.73. The van der Waals surface area contributed by atoms with Crippen molar-refractivity contribution in [3.05, 3.63) is 23.6 Å². The third-order valence-electron chi connectivity index (χ3n) is 2.50. The van der Waals surface area contributed by atoms with Crippen molar-refractivity contribution in [2.75, 3.05) is 0 Å². The van der Waals surface area contributed by atoms with E-state index in [1.807, 2.05) is 27.7 Å². The van der Waals surface area contributed by atoms with Crippen molar-refractivity contribution >= 4 is 0 Å². The van der Waals surface area contributed by atoms with Crippen LogP contribution in [0.3, 0.4) is 0 Å². The van der Waals surface area contributed by atoms with Crippen molar-refractivity contribution in [2.45, 2.75) is 45.7 Å². The van der Waals surface area contributed by atoms with Gasteiger partial charge in [0.1, 0.15) is 12.2 Å². The molecule has 0 fully saturated rings. The van der Waals surface area contributed by atoms with E-state index in [1.54, 1.807) is 10.9 Å². The number of hydrogen-bond acceptors (Lipinski definition) is 6. The minimum absolute atomic E-state index is 0.247. The molecular formula is C11H18N6O. The molecule has 98 valence electrons. The summed E-state index contributed by atoms with van der Waals surface area (Å²) in [4.78, 5) is 4.28. The Morgan fingerprint density at radius 2 is 2.17 bits per heavy atom. The maximum Gasteiger partial charge on any atom is 0.248 e. The molecule has 0 aliphatic heterocycles. The summed E-state index contributed by atoms with van der Waals surface area (Å²) in [6, 6.07) is 0. The average Bonchev–Trinajstić information content (AvgIpc) is 2.85. The van der Waals surface area contributed by atoms with Crippen LogP contribution in [0.15, 0.2) is 10.7 Å². The van der Waals surface area contributed by atoms with Crippen LogP contribution < -0.4 is 5.73 Å². The van der Waals surface area contributed by atoms with Crippen molar-refractivity contribution in [3.63, 3.8) is 0 Å². The summed E-state index contributed by atoms with van der Waals surface area (Å²) in [5.74, 6) is 1.46. The first-order chi connectivity index (χ1) is 8.36. The highest BCUT2D eigenvalue weighted by atomic mass is 16.5. The van der Waals surface area contributed by atoms with Crippen molar-refractivity contribution in [1.82, 2.24) is 25.1 Å². The lowest BCUT2D eigenvalue weighted by atomic mass is 10.0. The quantitative estimate of drug-likeness (QED) is 0.870. The Morgan fingerprint density at radius 3 is 2.67 bits per heavy atom. The first-order valence-corrected chi connectivity index (χ1v) is 5.88. The summed E-state index contributed by atoms with van der Waals surface area (Å²) in [5, 5.41) is 11.9. The van der Waals surface area contributed by atoms with Crippen molar-refractivity contribution < 1.29 is 4.52 Å². The van der Waals surface area contributed by atoms with Gasteiger partial charge in [0.05, 0.1) is 11.7 Å². The molecule has 0 aliphatic rings. The summed E-state index contributed by atoms with van der Waals surface area (Å²) in [6.45, 7) is 8.19. The van der Waals surface area contributed by atoms with E-state index < -0.39 is 5.54 Å². The summed E-state index contributed by atoms with van der Waals surface area (Å²) in [6.07, 6.45) is 1.79. The molecule has 0 radical (unpaired) electrons. The van der Waals surface area contributed by atoms with Crippen LogP contribution in [0, 0.1) is 0 Å². The van der Waals surface area contributed by atoms with Gasteiger partial charge in [-0.3, -0.25) is 0 Å². The fraction of sp³-hybridized carbons (Fsp3) is 0.636. The smallest absolute Gasteiger partial charge is 0.248 e. The van der Waals surface area contributed by atoms with E-state index in [4.69, 9.17) is 10.3 Å². The summed E-state index contributed by atoms with van der Waals surface area (Å²) < 4.78 is 6.78. The van der Waals surface area contributed by atoms with Crippen molar-refractivity contribution in [1.29, 1.82) is 0 Å². The molecule has 7 nitrogen and oxygen atoms in total. The minimum atomic E-state index is -0.504. The second kappa shape index (κ2) is 4.49. The zero-order valence-electron chi connectivity index (χ0n) is 11.1. The van der Waals surface area contributed by atoms with Crippen LogP contribution in [-0.2, 0) is 12.1 Å². The maximum absolute atomic E-state index is 5.94. The van der Waals surface area contributed by atoms with Gasteiger partial charge >= 0.3 is 0 Å². The first kappa shape index (κ1) is 12.7. The van der Waals surface area contributed by atoms with Gasteiger partial charge in [0, 0.05) is 5.92 Å². The van der Waals surface area contributed by atoms with Gasteiger partial charge < -0.3 is 10.3 Å². The zero-order valence-corrected chi connectivity index (χ0v) is 11.1. The molecule has 0 saturated carbocycles. The predicted octanol–water partition coefficient (Wildman–Crippen LogP) is 1.03. The fourth-order valence-corrected chi connectivity index (χ4v) is 1.38. The molecule has 0 amide bonds. The topological polar surface area (TPSA) is 95.7 Å². The Morgan fingerprint density at radius 1 is 1.44 bits per heavy atom. The lowest BCUT2D eigenvalue weighted by Gasteiger charge is -2.13. The fourth-order valence-electron chi connectivity index (χ4n) is 1.38. The van der Waals surface area contributed by atoms with Gasteiger partial charge in [0.15, 0.2) is 5.82 Å². The van der Waals surface area contributed by atoms with Crippen LogP contribution in [0.5, 0.6) is 0 Å². The van der Waals surface area contributed by atoms with Crippen LogP contribution >= 0.6 is 0 Å². The molecule has 0 atom stereocenters. The van der Waals surface area contributed by atoms with E-state index in [0.717, 1.165) is 5.69 Å². The molecule has 0 spiro atoms. The van der Waals surface area contributed by atoms with E-state index in [9.17, 15) is 0 Å². The molecule has 0 aromatic carbocycles. The maximum atomic E-state index is 5.94. The van der Waals surface area contributed by atoms with Gasteiger partial charge in [-0.15, -0.1) is 5.10 Å². The second-order valence-electron chi connectivity index (χ2n) is 5.22. The molecule has 2 N–H and O–H groups in total. The van der Waals surface area contributed by atoms with E-state index in [2.05, 4.69) is 20.5 Å². The van der Waals surface area contributed by atoms with Crippen molar-refractivity contribution in [2.24, 2.45) is 5.73 Å². The highest BCUT2D eigenvalue weighted by Crippen LogP contribution is 2.14. The Bertz CT molecular complexity index is 522. The van der Waals surface area contributed by atoms with Crippen molar-refractivity contribution in [3.8, 4) is 0 Å². The minimum Gasteiger partial charge on any atom is -0.337 e. The highest BCUT2D eigenvalue weighted by molar-refractivity contribution is 5.06. The number of aromatic nitrogens is 5. The normalized spacial score (nSPS) is 12.3. The number of rotatable bonds is 4. The molecule has 0 unspecified atom stereocenters. The molecule has 2 aromatic heterocycles. The van der Waals surface area contributed by atoms with Crippen LogP contribution in [0.4, 0.5) is 0 Å². The number of nitrogens with two attached hydrogens (primary N) is 1. The molecule has 2 aromatic rings. The summed E-state index contributed by atoms with van der Waals surface area (Å²) in [7, 11) is 0. The van der Waals surface area contributed by atoms with Gasteiger partial charge in [0.25, 0.3) is 0 Å². The lowest BCUT2D eigenvalue weighted by Crippen LogP contribution is -2.29. The van der Waals surface area contributed by atoms with Crippen LogP contribution in [-0.4, -0.2) is 25.1 Å². The molecule has 0 aliphatic carbocycles. The van der Waals surface area contributed by atoms with Gasteiger partial charge in [-0.2, -0.15) is 4.98 Å². The van der Waals surface area contributed by atoms with Crippen LogP contribution in [0.1, 0.15) is 51.0 Å². The largest absolute Gasteiger partial charge is 0.337 e. The number of nitrogens with zero attached hydrogens (tertiary/aromatic N) is 5. The van der Waals surface area contributed by atoms with E-state index >= 15 is 0 Å². The third-order valence-corrected chi connectivity index (χ3v) is 2.50. The second-order valence-corrected chi connectivity index (χ2v) is 5.22. The van der Waals surface area contributed by atoms with Crippen LogP contribution in [0.2, 0.25) is 0 Å². The average molecular weight is 250 g/mol. The Hall–Kier alpha value is -1.76. The standard InChI is InChI=1S/C11H18N6O/c1-7(2)10-13-9(18-15-10)6-17-5-8(14-16-17)11(3,4)12/h5,7H,6,12H2,1-4H3. The first-order valence-electron chi connectivity index (χ1n) is 5.88. The van der Waals surface area contributed by atoms with Gasteiger partial charge in [-0.25, -0.2) is 4.68 Å². The summed E-state index contributed by atoms with van der Waals surface area (Å²) >= 11 is 0. The van der Waals surface area contributed by atoms with Gasteiger partial charge in [-0.1, -0.05) is 24.2 Å². The lowest BCUT2D eigenvalue weighted by molar-refractivity contribution is 0.358. The Balaban J connectivity index is 2.11. The molecule has 0 bridgehead atoms. The summed E-state index contributed by atoms with van der Waals surface area (Å²) in [5.41, 5.74) is 6.16. The molecule has 18 heavy (non-hydrogen) atoms. The van der Waals surface area contributed by atoms with E-state index in [0.29, 0.717) is 18.3 Å². The molecule has 0 saturated heterocycles. The van der Waals surface area contributed by atoms with Gasteiger partial charge in [-0.05, 0) is 13.8 Å². The Labute approximate surface area is 105 Å². The zero-order chi connectivity index (χ0) is 13.3. The van der Waals surface area contributed by atoms with Crippen LogP contribution in [0.25, 0.3) is 0 Å². The van der Waals surface area contributed by atoms with E-state index in [1.165, 1.54) is 0 Å². The number of hydrogen-bond donors (Lipinski definition) is 1. The molecule has 2 rings (SSSR count). The predicted molar refractivity (Wildman–Crippen MR) is 64.7 cm³/mol. The SMILES string of the molecule is CC(C)c1noc(Cn2cc(C(C)(C)N)nn2)n1. The monoisotopic (exact) mass is 250 g/mol. The highest BCUT2D eigenvalue weighted by Gasteiger charge is 2.19. The van der Waals surface area contributed by atoms with E-state index in [-0.39, 0.29) is 5.92 Å². The van der Waals surface area contributed by atoms with Gasteiger partial charge in [0.2, 0.25) is 5.89 Å². The molecular weight excluding hydrogens is 232 g/mol.